The van der Waals surface area contributed by atoms with Gasteiger partial charge in [-0.2, -0.15) is 0 Å². The Hall–Kier alpha value is -2.67. The summed E-state index contributed by atoms with van der Waals surface area (Å²) in [5, 5.41) is 2.92. The molecule has 1 aromatic heterocycles. The number of aromatic nitrogens is 2. The van der Waals surface area contributed by atoms with Crippen molar-refractivity contribution in [2.24, 2.45) is 11.7 Å². The van der Waals surface area contributed by atoms with Crippen molar-refractivity contribution in [1.29, 1.82) is 0 Å². The molecule has 7 heteroatoms. The van der Waals surface area contributed by atoms with Crippen molar-refractivity contribution in [3.05, 3.63) is 48.0 Å². The fourth-order valence-electron chi connectivity index (χ4n) is 3.34. The number of imidazole rings is 1. The maximum absolute atomic E-state index is 12.4. The number of rotatable bonds is 6. The lowest BCUT2D eigenvalue weighted by Gasteiger charge is -2.30. The van der Waals surface area contributed by atoms with Crippen molar-refractivity contribution in [3.63, 3.8) is 0 Å². The summed E-state index contributed by atoms with van der Waals surface area (Å²) in [7, 11) is 0. The summed E-state index contributed by atoms with van der Waals surface area (Å²) in [6.45, 7) is 5.18. The van der Waals surface area contributed by atoms with Gasteiger partial charge in [0.25, 0.3) is 5.91 Å². The van der Waals surface area contributed by atoms with Crippen LogP contribution in [-0.4, -0.2) is 39.4 Å². The predicted molar refractivity (Wildman–Crippen MR) is 99.5 cm³/mol. The Morgan fingerprint density at radius 2 is 2.08 bits per heavy atom. The predicted octanol–water partition coefficient (Wildman–Crippen LogP) is 1.85. The van der Waals surface area contributed by atoms with E-state index in [0.29, 0.717) is 12.4 Å². The molecule has 1 aliphatic rings. The molecule has 1 aromatic carbocycles. The molecule has 1 saturated heterocycles. The fraction of sp³-hybridized carbons (Fsp3) is 0.421. The average Bonchev–Trinajstić information content (AvgIpc) is 3.11. The monoisotopic (exact) mass is 355 g/mol. The number of hydrogen-bond acceptors (Lipinski definition) is 4. The number of amides is 2. The van der Waals surface area contributed by atoms with Crippen LogP contribution in [0.5, 0.6) is 0 Å². The number of piperidine rings is 1. The van der Waals surface area contributed by atoms with E-state index in [-0.39, 0.29) is 17.7 Å². The Bertz CT molecular complexity index is 778. The van der Waals surface area contributed by atoms with Crippen molar-refractivity contribution < 1.29 is 9.59 Å². The third kappa shape index (κ3) is 4.29. The molecule has 0 saturated carbocycles. The minimum atomic E-state index is -0.212. The molecule has 1 fully saturated rings. The van der Waals surface area contributed by atoms with Crippen molar-refractivity contribution in [1.82, 2.24) is 14.5 Å². The molecule has 3 N–H and O–H groups in total. The third-order valence-electron chi connectivity index (χ3n) is 4.84. The summed E-state index contributed by atoms with van der Waals surface area (Å²) in [4.78, 5) is 30.1. The molecule has 0 radical (unpaired) electrons. The standard InChI is InChI=1S/C19H25N5O2/c1-2-24-11-8-21-18(24)19(26)22-16-5-3-4-14(12-16)13-23-9-6-15(7-10-23)17(20)25/h3-5,8,11-12,15H,2,6-7,9-10,13H2,1H3,(H2,20,25)(H,22,26). The van der Waals surface area contributed by atoms with Gasteiger partial charge in [-0.1, -0.05) is 12.1 Å². The first-order valence-electron chi connectivity index (χ1n) is 9.00. The van der Waals surface area contributed by atoms with Gasteiger partial charge in [0.2, 0.25) is 5.91 Å². The smallest absolute Gasteiger partial charge is 0.291 e. The van der Waals surface area contributed by atoms with E-state index in [4.69, 9.17) is 5.73 Å². The summed E-state index contributed by atoms with van der Waals surface area (Å²) in [5.41, 5.74) is 7.27. The maximum Gasteiger partial charge on any atom is 0.291 e. The number of nitrogens with zero attached hydrogens (tertiary/aromatic N) is 3. The van der Waals surface area contributed by atoms with Gasteiger partial charge in [0.15, 0.2) is 5.82 Å². The second-order valence-electron chi connectivity index (χ2n) is 6.64. The summed E-state index contributed by atoms with van der Waals surface area (Å²) in [6.07, 6.45) is 5.04. The van der Waals surface area contributed by atoms with Crippen molar-refractivity contribution in [2.45, 2.75) is 32.9 Å². The molecule has 26 heavy (non-hydrogen) atoms. The first kappa shape index (κ1) is 18.1. The highest BCUT2D eigenvalue weighted by atomic mass is 16.2. The van der Waals surface area contributed by atoms with Crippen LogP contribution in [0.1, 0.15) is 35.9 Å². The number of carbonyl (C=O) groups excluding carboxylic acids is 2. The Morgan fingerprint density at radius 3 is 2.77 bits per heavy atom. The lowest BCUT2D eigenvalue weighted by atomic mass is 9.96. The van der Waals surface area contributed by atoms with Gasteiger partial charge in [0, 0.05) is 37.1 Å². The number of nitrogens with two attached hydrogens (primary N) is 1. The van der Waals surface area contributed by atoms with E-state index in [2.05, 4.69) is 15.2 Å². The van der Waals surface area contributed by atoms with E-state index >= 15 is 0 Å². The van der Waals surface area contributed by atoms with Crippen LogP contribution in [0.3, 0.4) is 0 Å². The molecule has 1 aliphatic heterocycles. The van der Waals surface area contributed by atoms with Crippen molar-refractivity contribution in [3.8, 4) is 0 Å². The van der Waals surface area contributed by atoms with E-state index in [1.54, 1.807) is 12.4 Å². The number of benzene rings is 1. The molecule has 7 nitrogen and oxygen atoms in total. The van der Waals surface area contributed by atoms with E-state index in [1.807, 2.05) is 35.8 Å². The SMILES string of the molecule is CCn1ccnc1C(=O)Nc1cccc(CN2CCC(C(N)=O)CC2)c1. The van der Waals surface area contributed by atoms with Crippen LogP contribution in [0.15, 0.2) is 36.7 Å². The van der Waals surface area contributed by atoms with Gasteiger partial charge in [-0.25, -0.2) is 4.98 Å². The Labute approximate surface area is 153 Å². The topological polar surface area (TPSA) is 93.2 Å². The average molecular weight is 355 g/mol. The Kier molecular flexibility index (Phi) is 5.68. The molecule has 3 rings (SSSR count). The highest BCUT2D eigenvalue weighted by Gasteiger charge is 2.23. The molecule has 0 atom stereocenters. The van der Waals surface area contributed by atoms with Gasteiger partial charge in [-0.3, -0.25) is 14.5 Å². The number of nitrogens with one attached hydrogen (secondary N) is 1. The van der Waals surface area contributed by atoms with Gasteiger partial charge >= 0.3 is 0 Å². The zero-order valence-electron chi connectivity index (χ0n) is 15.0. The molecule has 2 amide bonds. The van der Waals surface area contributed by atoms with Gasteiger partial charge in [0.1, 0.15) is 0 Å². The van der Waals surface area contributed by atoms with E-state index < -0.39 is 0 Å². The highest BCUT2D eigenvalue weighted by Crippen LogP contribution is 2.20. The molecule has 0 bridgehead atoms. The summed E-state index contributed by atoms with van der Waals surface area (Å²) in [5.74, 6) is 0.00155. The molecular formula is C19H25N5O2. The minimum absolute atomic E-state index is 0.000759. The number of primary amides is 1. The number of aryl methyl sites for hydroxylation is 1. The quantitative estimate of drug-likeness (QED) is 0.827. The van der Waals surface area contributed by atoms with Crippen LogP contribution >= 0.6 is 0 Å². The second-order valence-corrected chi connectivity index (χ2v) is 6.64. The molecular weight excluding hydrogens is 330 g/mol. The van der Waals surface area contributed by atoms with E-state index in [9.17, 15) is 9.59 Å². The summed E-state index contributed by atoms with van der Waals surface area (Å²) in [6, 6.07) is 7.84. The van der Waals surface area contributed by atoms with Gasteiger partial charge in [0.05, 0.1) is 0 Å². The second kappa shape index (κ2) is 8.14. The number of likely N-dealkylation sites (tertiary alicyclic amines) is 1. The Morgan fingerprint density at radius 1 is 1.31 bits per heavy atom. The highest BCUT2D eigenvalue weighted by molar-refractivity contribution is 6.01. The lowest BCUT2D eigenvalue weighted by molar-refractivity contribution is -0.123. The van der Waals surface area contributed by atoms with Gasteiger partial charge in [-0.15, -0.1) is 0 Å². The number of carbonyl (C=O) groups is 2. The van der Waals surface area contributed by atoms with Gasteiger partial charge < -0.3 is 15.6 Å². The van der Waals surface area contributed by atoms with Crippen LogP contribution in [0.2, 0.25) is 0 Å². The van der Waals surface area contributed by atoms with Crippen LogP contribution in [0.4, 0.5) is 5.69 Å². The largest absolute Gasteiger partial charge is 0.369 e. The van der Waals surface area contributed by atoms with Crippen LogP contribution in [0.25, 0.3) is 0 Å². The molecule has 0 spiro atoms. The van der Waals surface area contributed by atoms with Crippen LogP contribution < -0.4 is 11.1 Å². The minimum Gasteiger partial charge on any atom is -0.369 e. The summed E-state index contributed by atoms with van der Waals surface area (Å²) >= 11 is 0. The maximum atomic E-state index is 12.4. The molecule has 138 valence electrons. The third-order valence-corrected chi connectivity index (χ3v) is 4.84. The molecule has 0 unspecified atom stereocenters. The van der Waals surface area contributed by atoms with Crippen molar-refractivity contribution >= 4 is 17.5 Å². The van der Waals surface area contributed by atoms with Gasteiger partial charge in [-0.05, 0) is 50.6 Å². The van der Waals surface area contributed by atoms with Crippen molar-refractivity contribution in [2.75, 3.05) is 18.4 Å². The molecule has 2 heterocycles. The zero-order valence-corrected chi connectivity index (χ0v) is 15.0. The number of hydrogen-bond donors (Lipinski definition) is 2. The lowest BCUT2D eigenvalue weighted by Crippen LogP contribution is -2.38. The van der Waals surface area contributed by atoms with E-state index in [0.717, 1.165) is 43.7 Å². The molecule has 2 aromatic rings. The zero-order chi connectivity index (χ0) is 18.5. The molecule has 0 aliphatic carbocycles. The normalized spacial score (nSPS) is 15.7. The fourth-order valence-corrected chi connectivity index (χ4v) is 3.34. The summed E-state index contributed by atoms with van der Waals surface area (Å²) < 4.78 is 1.81. The van der Waals surface area contributed by atoms with Crippen LogP contribution in [-0.2, 0) is 17.9 Å². The van der Waals surface area contributed by atoms with Crippen LogP contribution in [0, 0.1) is 5.92 Å². The number of anilines is 1. The Balaban J connectivity index is 1.60. The first-order valence-corrected chi connectivity index (χ1v) is 9.00. The van der Waals surface area contributed by atoms with E-state index in [1.165, 1.54) is 0 Å². The first-order chi connectivity index (χ1) is 12.6.